The standard InChI is InChI=1S/C19H24N6O2S/c1-28-18-22-5-4-16(23-18)24-9-14-10-25(12-19(14,11-24)13-26)17(27)3-2-15-8-20-6-7-21-15/h4-8,14,26H,2-3,9-13H2,1H3/t14-,19+/m0/s1. The van der Waals surface area contributed by atoms with Gasteiger partial charge in [-0.25, -0.2) is 9.97 Å². The smallest absolute Gasteiger partial charge is 0.222 e. The summed E-state index contributed by atoms with van der Waals surface area (Å²) in [4.78, 5) is 33.9. The average Bonchev–Trinajstić information content (AvgIpc) is 3.28. The SMILES string of the molecule is CSc1nccc(N2C[C@H]3CN(C(=O)CCc4cnccn4)C[C@@]3(CO)C2)n1. The van der Waals surface area contributed by atoms with E-state index in [9.17, 15) is 9.90 Å². The summed E-state index contributed by atoms with van der Waals surface area (Å²) in [5.74, 6) is 1.25. The molecule has 0 radical (unpaired) electrons. The second-order valence-electron chi connectivity index (χ2n) is 7.47. The van der Waals surface area contributed by atoms with Crippen LogP contribution in [0, 0.1) is 11.3 Å². The monoisotopic (exact) mass is 400 g/mol. The number of aliphatic hydroxyl groups excluding tert-OH is 1. The molecule has 2 fully saturated rings. The molecule has 1 amide bonds. The predicted molar refractivity (Wildman–Crippen MR) is 106 cm³/mol. The summed E-state index contributed by atoms with van der Waals surface area (Å²) in [6.07, 6.45) is 9.70. The molecule has 2 aliphatic rings. The van der Waals surface area contributed by atoms with Gasteiger partial charge < -0.3 is 14.9 Å². The molecule has 1 N–H and O–H groups in total. The Hall–Kier alpha value is -2.26. The van der Waals surface area contributed by atoms with Crippen molar-refractivity contribution in [2.75, 3.05) is 43.9 Å². The molecule has 8 nitrogen and oxygen atoms in total. The highest BCUT2D eigenvalue weighted by Crippen LogP contribution is 2.43. The van der Waals surface area contributed by atoms with E-state index in [1.165, 1.54) is 11.8 Å². The van der Waals surface area contributed by atoms with Crippen molar-refractivity contribution in [1.82, 2.24) is 24.8 Å². The number of rotatable bonds is 6. The Morgan fingerprint density at radius 3 is 2.89 bits per heavy atom. The van der Waals surface area contributed by atoms with Gasteiger partial charge in [0.1, 0.15) is 5.82 Å². The van der Waals surface area contributed by atoms with Gasteiger partial charge in [0, 0.05) is 68.7 Å². The summed E-state index contributed by atoms with van der Waals surface area (Å²) in [5.41, 5.74) is 0.541. The van der Waals surface area contributed by atoms with Gasteiger partial charge in [-0.1, -0.05) is 11.8 Å². The first kappa shape index (κ1) is 19.1. The van der Waals surface area contributed by atoms with Gasteiger partial charge in [-0.2, -0.15) is 0 Å². The molecule has 148 valence electrons. The van der Waals surface area contributed by atoms with Crippen molar-refractivity contribution < 1.29 is 9.90 Å². The largest absolute Gasteiger partial charge is 0.396 e. The van der Waals surface area contributed by atoms with Gasteiger partial charge in [0.15, 0.2) is 5.16 Å². The highest BCUT2D eigenvalue weighted by Gasteiger charge is 2.53. The molecule has 2 aliphatic heterocycles. The second-order valence-corrected chi connectivity index (χ2v) is 8.24. The minimum atomic E-state index is -0.285. The van der Waals surface area contributed by atoms with Crippen LogP contribution in [0.15, 0.2) is 36.0 Å². The highest BCUT2D eigenvalue weighted by molar-refractivity contribution is 7.98. The summed E-state index contributed by atoms with van der Waals surface area (Å²) >= 11 is 1.52. The number of likely N-dealkylation sites (tertiary alicyclic amines) is 1. The normalized spacial score (nSPS) is 23.9. The van der Waals surface area contributed by atoms with Gasteiger partial charge >= 0.3 is 0 Å². The maximum absolute atomic E-state index is 12.7. The fraction of sp³-hybridized carbons (Fsp3) is 0.526. The van der Waals surface area contributed by atoms with Gasteiger partial charge in [-0.15, -0.1) is 0 Å². The van der Waals surface area contributed by atoms with E-state index in [1.54, 1.807) is 24.8 Å². The zero-order chi connectivity index (χ0) is 19.6. The number of thioether (sulfide) groups is 1. The fourth-order valence-electron chi connectivity index (χ4n) is 4.23. The van der Waals surface area contributed by atoms with Crippen LogP contribution < -0.4 is 4.90 Å². The molecular weight excluding hydrogens is 376 g/mol. The number of hydrogen-bond acceptors (Lipinski definition) is 8. The summed E-state index contributed by atoms with van der Waals surface area (Å²) in [6.45, 7) is 2.83. The van der Waals surface area contributed by atoms with Crippen molar-refractivity contribution in [3.05, 3.63) is 36.5 Å². The number of fused-ring (bicyclic) bond motifs is 1. The van der Waals surface area contributed by atoms with Crippen LogP contribution in [0.2, 0.25) is 0 Å². The van der Waals surface area contributed by atoms with Crippen molar-refractivity contribution >= 4 is 23.5 Å². The van der Waals surface area contributed by atoms with Crippen LogP contribution in [-0.2, 0) is 11.2 Å². The Bertz CT molecular complexity index is 838. The molecule has 4 rings (SSSR count). The van der Waals surface area contributed by atoms with E-state index in [1.807, 2.05) is 17.2 Å². The molecule has 2 aromatic rings. The maximum atomic E-state index is 12.7. The number of anilines is 1. The van der Waals surface area contributed by atoms with Crippen molar-refractivity contribution in [2.24, 2.45) is 11.3 Å². The van der Waals surface area contributed by atoms with E-state index in [4.69, 9.17) is 0 Å². The quantitative estimate of drug-likeness (QED) is 0.564. The van der Waals surface area contributed by atoms with Crippen LogP contribution in [0.5, 0.6) is 0 Å². The molecule has 0 aromatic carbocycles. The molecule has 2 aromatic heterocycles. The molecule has 2 saturated heterocycles. The lowest BCUT2D eigenvalue weighted by molar-refractivity contribution is -0.130. The topological polar surface area (TPSA) is 95.3 Å². The number of aromatic nitrogens is 4. The molecular formula is C19H24N6O2S. The Labute approximate surface area is 168 Å². The minimum absolute atomic E-state index is 0.0720. The van der Waals surface area contributed by atoms with E-state index in [0.29, 0.717) is 32.5 Å². The summed E-state index contributed by atoms with van der Waals surface area (Å²) in [5, 5.41) is 10.9. The van der Waals surface area contributed by atoms with Gasteiger partial charge in [0.2, 0.25) is 5.91 Å². The minimum Gasteiger partial charge on any atom is -0.396 e. The third-order valence-electron chi connectivity index (χ3n) is 5.76. The van der Waals surface area contributed by atoms with Crippen LogP contribution in [0.25, 0.3) is 0 Å². The first-order chi connectivity index (χ1) is 13.6. The molecule has 0 aliphatic carbocycles. The Balaban J connectivity index is 1.40. The number of carbonyl (C=O) groups excluding carboxylic acids is 1. The predicted octanol–water partition coefficient (Wildman–Crippen LogP) is 0.878. The zero-order valence-corrected chi connectivity index (χ0v) is 16.7. The van der Waals surface area contributed by atoms with Crippen molar-refractivity contribution in [2.45, 2.75) is 18.0 Å². The molecule has 0 spiro atoms. The van der Waals surface area contributed by atoms with Gasteiger partial charge in [-0.3, -0.25) is 14.8 Å². The zero-order valence-electron chi connectivity index (χ0n) is 15.9. The average molecular weight is 401 g/mol. The number of aryl methyl sites for hydroxylation is 1. The number of nitrogens with zero attached hydrogens (tertiary/aromatic N) is 6. The Morgan fingerprint density at radius 2 is 2.18 bits per heavy atom. The van der Waals surface area contributed by atoms with Gasteiger partial charge in [0.25, 0.3) is 0 Å². The van der Waals surface area contributed by atoms with Crippen LogP contribution in [-0.4, -0.2) is 74.9 Å². The number of hydrogen-bond donors (Lipinski definition) is 1. The van der Waals surface area contributed by atoms with Gasteiger partial charge in [-0.05, 0) is 18.7 Å². The van der Waals surface area contributed by atoms with Crippen LogP contribution >= 0.6 is 11.8 Å². The lowest BCUT2D eigenvalue weighted by atomic mass is 9.82. The number of carbonyl (C=O) groups is 1. The fourth-order valence-corrected chi connectivity index (χ4v) is 4.58. The van der Waals surface area contributed by atoms with Gasteiger partial charge in [0.05, 0.1) is 12.3 Å². The van der Waals surface area contributed by atoms with E-state index in [-0.39, 0.29) is 23.8 Å². The third kappa shape index (κ3) is 3.68. The summed E-state index contributed by atoms with van der Waals surface area (Å²) < 4.78 is 0. The molecule has 28 heavy (non-hydrogen) atoms. The van der Waals surface area contributed by atoms with Crippen molar-refractivity contribution in [3.8, 4) is 0 Å². The van der Waals surface area contributed by atoms with E-state index < -0.39 is 0 Å². The number of aliphatic hydroxyl groups is 1. The molecule has 0 saturated carbocycles. The molecule has 9 heteroatoms. The van der Waals surface area contributed by atoms with Crippen LogP contribution in [0.4, 0.5) is 5.82 Å². The van der Waals surface area contributed by atoms with E-state index >= 15 is 0 Å². The third-order valence-corrected chi connectivity index (χ3v) is 6.33. The van der Waals surface area contributed by atoms with Crippen LogP contribution in [0.3, 0.4) is 0 Å². The maximum Gasteiger partial charge on any atom is 0.222 e. The second kappa shape index (κ2) is 8.00. The number of amides is 1. The lowest BCUT2D eigenvalue weighted by Crippen LogP contribution is -2.39. The lowest BCUT2D eigenvalue weighted by Gasteiger charge is -2.27. The Morgan fingerprint density at radius 1 is 1.29 bits per heavy atom. The summed E-state index contributed by atoms with van der Waals surface area (Å²) in [7, 11) is 0. The Kier molecular flexibility index (Phi) is 5.45. The van der Waals surface area contributed by atoms with Crippen molar-refractivity contribution in [3.63, 3.8) is 0 Å². The molecule has 2 atom stereocenters. The molecule has 0 bridgehead atoms. The first-order valence-corrected chi connectivity index (χ1v) is 10.6. The first-order valence-electron chi connectivity index (χ1n) is 9.39. The van der Waals surface area contributed by atoms with Crippen LogP contribution in [0.1, 0.15) is 12.1 Å². The molecule has 0 unspecified atom stereocenters. The van der Waals surface area contributed by atoms with E-state index in [0.717, 1.165) is 23.2 Å². The highest BCUT2D eigenvalue weighted by atomic mass is 32.2. The summed E-state index contributed by atoms with van der Waals surface area (Å²) in [6, 6.07) is 1.91. The van der Waals surface area contributed by atoms with E-state index in [2.05, 4.69) is 24.8 Å². The molecule has 4 heterocycles. The van der Waals surface area contributed by atoms with Crippen molar-refractivity contribution in [1.29, 1.82) is 0 Å².